The fourth-order valence-corrected chi connectivity index (χ4v) is 0.954. The van der Waals surface area contributed by atoms with Crippen molar-refractivity contribution in [2.45, 2.75) is 19.9 Å². The summed E-state index contributed by atoms with van der Waals surface area (Å²) in [5, 5.41) is 0. The zero-order valence-corrected chi connectivity index (χ0v) is 7.28. The van der Waals surface area contributed by atoms with Gasteiger partial charge < -0.3 is 9.30 Å². The van der Waals surface area contributed by atoms with Gasteiger partial charge in [0.15, 0.2) is 0 Å². The molecule has 0 N–H and O–H groups in total. The van der Waals surface area contributed by atoms with Crippen LogP contribution in [0.1, 0.15) is 12.2 Å². The fraction of sp³-hybridized carbons (Fsp3) is 0.500. The van der Waals surface area contributed by atoms with Gasteiger partial charge in [-0.25, -0.2) is 4.98 Å². The number of aromatic nitrogens is 2. The number of aryl methyl sites for hydroxylation is 2. The molecule has 0 aromatic carbocycles. The summed E-state index contributed by atoms with van der Waals surface area (Å²) in [7, 11) is 1.39. The van der Waals surface area contributed by atoms with Crippen LogP contribution >= 0.6 is 0 Å². The smallest absolute Gasteiger partial charge is 0.307 e. The SMILES string of the molecule is COC(=O)CCn1ccnc1C. The van der Waals surface area contributed by atoms with Crippen molar-refractivity contribution in [1.29, 1.82) is 0 Å². The molecule has 4 heteroatoms. The number of nitrogens with zero attached hydrogens (tertiary/aromatic N) is 2. The van der Waals surface area contributed by atoms with Gasteiger partial charge in [0.25, 0.3) is 0 Å². The van der Waals surface area contributed by atoms with E-state index >= 15 is 0 Å². The van der Waals surface area contributed by atoms with Gasteiger partial charge in [-0.1, -0.05) is 0 Å². The van der Waals surface area contributed by atoms with E-state index in [0.717, 1.165) is 5.82 Å². The molecule has 4 nitrogen and oxygen atoms in total. The fourth-order valence-electron chi connectivity index (χ4n) is 0.954. The lowest BCUT2D eigenvalue weighted by atomic mass is 10.4. The van der Waals surface area contributed by atoms with E-state index in [4.69, 9.17) is 0 Å². The van der Waals surface area contributed by atoms with Gasteiger partial charge in [-0.2, -0.15) is 0 Å². The normalized spacial score (nSPS) is 9.83. The molecular formula is C8H12N2O2. The van der Waals surface area contributed by atoms with E-state index in [2.05, 4.69) is 9.72 Å². The molecule has 0 radical (unpaired) electrons. The van der Waals surface area contributed by atoms with Gasteiger partial charge in [0.2, 0.25) is 0 Å². The number of carbonyl (C=O) groups is 1. The zero-order chi connectivity index (χ0) is 8.97. The van der Waals surface area contributed by atoms with E-state index in [0.29, 0.717) is 13.0 Å². The van der Waals surface area contributed by atoms with Crippen molar-refractivity contribution in [1.82, 2.24) is 9.55 Å². The molecule has 0 spiro atoms. The first kappa shape index (κ1) is 8.77. The van der Waals surface area contributed by atoms with Gasteiger partial charge in [-0.15, -0.1) is 0 Å². The van der Waals surface area contributed by atoms with E-state index in [1.807, 2.05) is 17.7 Å². The average Bonchev–Trinajstić information content (AvgIpc) is 2.47. The molecule has 0 aliphatic heterocycles. The standard InChI is InChI=1S/C8H12N2O2/c1-7-9-4-6-10(7)5-3-8(11)12-2/h4,6H,3,5H2,1-2H3. The van der Waals surface area contributed by atoms with Gasteiger partial charge in [-0.3, -0.25) is 4.79 Å². The second kappa shape index (κ2) is 3.90. The number of rotatable bonds is 3. The van der Waals surface area contributed by atoms with Gasteiger partial charge in [0, 0.05) is 18.9 Å². The van der Waals surface area contributed by atoms with Crippen molar-refractivity contribution < 1.29 is 9.53 Å². The lowest BCUT2D eigenvalue weighted by Gasteiger charge is -2.02. The first-order chi connectivity index (χ1) is 5.74. The van der Waals surface area contributed by atoms with Crippen LogP contribution in [0.15, 0.2) is 12.4 Å². The summed E-state index contributed by atoms with van der Waals surface area (Å²) < 4.78 is 6.43. The lowest BCUT2D eigenvalue weighted by molar-refractivity contribution is -0.140. The Hall–Kier alpha value is -1.32. The third-order valence-electron chi connectivity index (χ3n) is 1.71. The first-order valence-corrected chi connectivity index (χ1v) is 3.78. The molecule has 0 atom stereocenters. The highest BCUT2D eigenvalue weighted by atomic mass is 16.5. The minimum Gasteiger partial charge on any atom is -0.469 e. The summed E-state index contributed by atoms with van der Waals surface area (Å²) in [6, 6.07) is 0. The van der Waals surface area contributed by atoms with E-state index in [-0.39, 0.29) is 5.97 Å². The van der Waals surface area contributed by atoms with Crippen molar-refractivity contribution >= 4 is 5.97 Å². The molecule has 0 fully saturated rings. The zero-order valence-electron chi connectivity index (χ0n) is 7.28. The molecule has 1 aromatic heterocycles. The molecule has 66 valence electrons. The summed E-state index contributed by atoms with van der Waals surface area (Å²) in [5.41, 5.74) is 0. The van der Waals surface area contributed by atoms with E-state index in [1.54, 1.807) is 6.20 Å². The minimum atomic E-state index is -0.192. The molecule has 0 bridgehead atoms. The van der Waals surface area contributed by atoms with Crippen molar-refractivity contribution in [2.24, 2.45) is 0 Å². The van der Waals surface area contributed by atoms with Crippen LogP contribution < -0.4 is 0 Å². The molecule has 0 amide bonds. The average molecular weight is 168 g/mol. The second-order valence-corrected chi connectivity index (χ2v) is 2.49. The molecule has 1 aromatic rings. The molecular weight excluding hydrogens is 156 g/mol. The summed E-state index contributed by atoms with van der Waals surface area (Å²) in [5.74, 6) is 0.724. The molecule has 0 unspecified atom stereocenters. The Bertz CT molecular complexity index is 268. The molecule has 0 saturated carbocycles. The molecule has 0 saturated heterocycles. The van der Waals surface area contributed by atoms with Crippen LogP contribution in [0, 0.1) is 6.92 Å². The first-order valence-electron chi connectivity index (χ1n) is 3.78. The number of imidazole rings is 1. The highest BCUT2D eigenvalue weighted by molar-refractivity contribution is 5.68. The summed E-state index contributed by atoms with van der Waals surface area (Å²) in [6.07, 6.45) is 3.96. The Morgan fingerprint density at radius 2 is 2.50 bits per heavy atom. The van der Waals surface area contributed by atoms with Crippen molar-refractivity contribution in [3.63, 3.8) is 0 Å². The topological polar surface area (TPSA) is 44.1 Å². The van der Waals surface area contributed by atoms with Gasteiger partial charge in [0.05, 0.1) is 13.5 Å². The number of ether oxygens (including phenoxy) is 1. The third kappa shape index (κ3) is 2.08. The van der Waals surface area contributed by atoms with Crippen LogP contribution in [-0.2, 0) is 16.1 Å². The van der Waals surface area contributed by atoms with Crippen LogP contribution in [0.2, 0.25) is 0 Å². The van der Waals surface area contributed by atoms with E-state index < -0.39 is 0 Å². The quantitative estimate of drug-likeness (QED) is 0.626. The largest absolute Gasteiger partial charge is 0.469 e. The molecule has 12 heavy (non-hydrogen) atoms. The maximum Gasteiger partial charge on any atom is 0.307 e. The Labute approximate surface area is 71.2 Å². The van der Waals surface area contributed by atoms with Crippen molar-refractivity contribution in [3.05, 3.63) is 18.2 Å². The Kier molecular flexibility index (Phi) is 2.85. The summed E-state index contributed by atoms with van der Waals surface area (Å²) in [6.45, 7) is 2.54. The lowest BCUT2D eigenvalue weighted by Crippen LogP contribution is -2.07. The third-order valence-corrected chi connectivity index (χ3v) is 1.71. The number of hydrogen-bond donors (Lipinski definition) is 0. The molecule has 1 rings (SSSR count). The predicted octanol–water partition coefficient (Wildman–Crippen LogP) is 0.755. The Balaban J connectivity index is 2.43. The number of methoxy groups -OCH3 is 1. The van der Waals surface area contributed by atoms with Crippen LogP contribution in [0.5, 0.6) is 0 Å². The number of carbonyl (C=O) groups excluding carboxylic acids is 1. The summed E-state index contributed by atoms with van der Waals surface area (Å²) >= 11 is 0. The minimum absolute atomic E-state index is 0.192. The van der Waals surface area contributed by atoms with Crippen LogP contribution in [-0.4, -0.2) is 22.6 Å². The van der Waals surface area contributed by atoms with Gasteiger partial charge in [-0.05, 0) is 6.92 Å². The number of hydrogen-bond acceptors (Lipinski definition) is 3. The van der Waals surface area contributed by atoms with Crippen molar-refractivity contribution in [2.75, 3.05) is 7.11 Å². The van der Waals surface area contributed by atoms with E-state index in [1.165, 1.54) is 7.11 Å². The molecule has 0 aliphatic carbocycles. The maximum atomic E-state index is 10.8. The summed E-state index contributed by atoms with van der Waals surface area (Å²) in [4.78, 5) is 14.8. The van der Waals surface area contributed by atoms with E-state index in [9.17, 15) is 4.79 Å². The van der Waals surface area contributed by atoms with Gasteiger partial charge in [0.1, 0.15) is 5.82 Å². The number of esters is 1. The van der Waals surface area contributed by atoms with Crippen LogP contribution in [0.25, 0.3) is 0 Å². The maximum absolute atomic E-state index is 10.8. The Morgan fingerprint density at radius 3 is 3.00 bits per heavy atom. The van der Waals surface area contributed by atoms with Gasteiger partial charge >= 0.3 is 5.97 Å². The Morgan fingerprint density at radius 1 is 1.75 bits per heavy atom. The molecule has 1 heterocycles. The second-order valence-electron chi connectivity index (χ2n) is 2.49. The predicted molar refractivity (Wildman–Crippen MR) is 43.6 cm³/mol. The van der Waals surface area contributed by atoms with Crippen molar-refractivity contribution in [3.8, 4) is 0 Å². The highest BCUT2D eigenvalue weighted by Gasteiger charge is 2.01. The monoisotopic (exact) mass is 168 g/mol. The van der Waals surface area contributed by atoms with Crippen LogP contribution in [0.3, 0.4) is 0 Å². The van der Waals surface area contributed by atoms with Crippen LogP contribution in [0.4, 0.5) is 0 Å². The highest BCUT2D eigenvalue weighted by Crippen LogP contribution is 1.97. The molecule has 0 aliphatic rings.